The molecule has 0 radical (unpaired) electrons. The van der Waals surface area contributed by atoms with E-state index >= 15 is 0 Å². The summed E-state index contributed by atoms with van der Waals surface area (Å²) in [5.74, 6) is -0.789. The number of carbonyl (C=O) groups excluding carboxylic acids is 1. The van der Waals surface area contributed by atoms with E-state index < -0.39 is 35.9 Å². The second-order valence-electron chi connectivity index (χ2n) is 6.30. The van der Waals surface area contributed by atoms with Gasteiger partial charge in [0.2, 0.25) is 0 Å². The summed E-state index contributed by atoms with van der Waals surface area (Å²) in [7, 11) is 0. The molecular weight excluding hydrogens is 388 g/mol. The maximum Gasteiger partial charge on any atom is 0.416 e. The lowest BCUT2D eigenvalue weighted by molar-refractivity contribution is -0.137. The highest BCUT2D eigenvalue weighted by atomic mass is 19.4. The van der Waals surface area contributed by atoms with Gasteiger partial charge in [-0.15, -0.1) is 0 Å². The van der Waals surface area contributed by atoms with Crippen LogP contribution >= 0.6 is 0 Å². The number of amides is 1. The Morgan fingerprint density at radius 3 is 2.28 bits per heavy atom. The standard InChI is InChI=1S/C21H16F4N2O2/c22-12-16-9-10-17(19(28)26-16)20(29)27-18(13-5-2-1-3-6-13)14-7-4-8-15(11-14)21(23,24)25/h1-11,18H,12H2,(H,26,28)(H,27,29). The number of pyridine rings is 1. The van der Waals surface area contributed by atoms with Gasteiger partial charge in [0.05, 0.1) is 11.6 Å². The third-order valence-electron chi connectivity index (χ3n) is 4.31. The monoisotopic (exact) mass is 404 g/mol. The van der Waals surface area contributed by atoms with Crippen molar-refractivity contribution in [2.75, 3.05) is 0 Å². The highest BCUT2D eigenvalue weighted by Crippen LogP contribution is 2.32. The highest BCUT2D eigenvalue weighted by Gasteiger charge is 2.31. The Morgan fingerprint density at radius 2 is 1.66 bits per heavy atom. The fourth-order valence-electron chi connectivity index (χ4n) is 2.88. The Balaban J connectivity index is 2.00. The largest absolute Gasteiger partial charge is 0.416 e. The lowest BCUT2D eigenvalue weighted by atomic mass is 9.96. The van der Waals surface area contributed by atoms with Crippen LogP contribution in [-0.4, -0.2) is 10.9 Å². The van der Waals surface area contributed by atoms with Crippen LogP contribution in [0.1, 0.15) is 38.8 Å². The SMILES string of the molecule is O=C(NC(c1ccccc1)c1cccc(C(F)(F)F)c1)c1ccc(CF)[nH]c1=O. The molecule has 1 heterocycles. The first-order chi connectivity index (χ1) is 13.8. The Labute approximate surface area is 163 Å². The summed E-state index contributed by atoms with van der Waals surface area (Å²) >= 11 is 0. The topological polar surface area (TPSA) is 62.0 Å². The molecule has 29 heavy (non-hydrogen) atoms. The minimum absolute atomic E-state index is 0.0176. The van der Waals surface area contributed by atoms with Crippen molar-refractivity contribution in [1.29, 1.82) is 0 Å². The number of alkyl halides is 4. The van der Waals surface area contributed by atoms with Gasteiger partial charge in [-0.3, -0.25) is 9.59 Å². The molecule has 3 rings (SSSR count). The van der Waals surface area contributed by atoms with Gasteiger partial charge in [0.25, 0.3) is 11.5 Å². The summed E-state index contributed by atoms with van der Waals surface area (Å²) in [5, 5.41) is 2.60. The van der Waals surface area contributed by atoms with Crippen LogP contribution in [0.25, 0.3) is 0 Å². The Morgan fingerprint density at radius 1 is 0.966 bits per heavy atom. The zero-order valence-corrected chi connectivity index (χ0v) is 15.0. The highest BCUT2D eigenvalue weighted by molar-refractivity contribution is 5.94. The molecule has 8 heteroatoms. The number of aromatic nitrogens is 1. The van der Waals surface area contributed by atoms with Gasteiger partial charge in [-0.1, -0.05) is 42.5 Å². The number of hydrogen-bond acceptors (Lipinski definition) is 2. The van der Waals surface area contributed by atoms with E-state index in [1.165, 1.54) is 24.3 Å². The maximum atomic E-state index is 13.1. The molecule has 4 nitrogen and oxygen atoms in total. The molecule has 150 valence electrons. The van der Waals surface area contributed by atoms with Crippen LogP contribution in [0.5, 0.6) is 0 Å². The molecule has 2 N–H and O–H groups in total. The average molecular weight is 404 g/mol. The van der Waals surface area contributed by atoms with Crippen LogP contribution in [0.3, 0.4) is 0 Å². The van der Waals surface area contributed by atoms with Crippen molar-refractivity contribution in [3.63, 3.8) is 0 Å². The van der Waals surface area contributed by atoms with Crippen molar-refractivity contribution in [2.24, 2.45) is 0 Å². The maximum absolute atomic E-state index is 13.1. The van der Waals surface area contributed by atoms with Gasteiger partial charge in [-0.05, 0) is 35.4 Å². The Kier molecular flexibility index (Phi) is 5.81. The molecule has 0 aliphatic rings. The van der Waals surface area contributed by atoms with Crippen molar-refractivity contribution >= 4 is 5.91 Å². The van der Waals surface area contributed by atoms with E-state index in [-0.39, 0.29) is 16.8 Å². The molecule has 0 bridgehead atoms. The molecule has 1 amide bonds. The minimum Gasteiger partial charge on any atom is -0.341 e. The van der Waals surface area contributed by atoms with E-state index in [0.29, 0.717) is 5.56 Å². The van der Waals surface area contributed by atoms with Gasteiger partial charge in [0.1, 0.15) is 12.2 Å². The molecule has 0 saturated carbocycles. The van der Waals surface area contributed by atoms with Gasteiger partial charge < -0.3 is 10.3 Å². The molecule has 0 spiro atoms. The quantitative estimate of drug-likeness (QED) is 0.620. The fraction of sp³-hybridized carbons (Fsp3) is 0.143. The molecule has 2 aromatic carbocycles. The number of halogens is 4. The number of benzene rings is 2. The van der Waals surface area contributed by atoms with E-state index in [1.807, 2.05) is 0 Å². The predicted molar refractivity (Wildman–Crippen MR) is 99.1 cm³/mol. The first-order valence-electron chi connectivity index (χ1n) is 8.60. The number of rotatable bonds is 5. The molecular formula is C21H16F4N2O2. The van der Waals surface area contributed by atoms with Gasteiger partial charge in [0, 0.05) is 5.69 Å². The number of hydrogen-bond donors (Lipinski definition) is 2. The summed E-state index contributed by atoms with van der Waals surface area (Å²) in [6.45, 7) is -0.895. The van der Waals surface area contributed by atoms with Crippen LogP contribution in [-0.2, 0) is 12.9 Å². The molecule has 0 saturated heterocycles. The van der Waals surface area contributed by atoms with Crippen LogP contribution in [0.2, 0.25) is 0 Å². The van der Waals surface area contributed by atoms with Crippen LogP contribution in [0.15, 0.2) is 71.5 Å². The van der Waals surface area contributed by atoms with E-state index in [2.05, 4.69) is 10.3 Å². The summed E-state index contributed by atoms with van der Waals surface area (Å²) < 4.78 is 52.0. The van der Waals surface area contributed by atoms with Gasteiger partial charge in [-0.25, -0.2) is 4.39 Å². The molecule has 3 aromatic rings. The number of H-pyrrole nitrogens is 1. The minimum atomic E-state index is -4.54. The Hall–Kier alpha value is -3.42. The summed E-state index contributed by atoms with van der Waals surface area (Å²) in [6.07, 6.45) is -4.54. The van der Waals surface area contributed by atoms with Crippen molar-refractivity contribution < 1.29 is 22.4 Å². The van der Waals surface area contributed by atoms with Crippen molar-refractivity contribution in [1.82, 2.24) is 10.3 Å². The lowest BCUT2D eigenvalue weighted by Gasteiger charge is -2.21. The van der Waals surface area contributed by atoms with Gasteiger partial charge >= 0.3 is 6.18 Å². The van der Waals surface area contributed by atoms with E-state index in [0.717, 1.165) is 12.1 Å². The van der Waals surface area contributed by atoms with Crippen LogP contribution in [0.4, 0.5) is 17.6 Å². The zero-order valence-electron chi connectivity index (χ0n) is 15.0. The Bertz CT molecular complexity index is 1060. The first kappa shape index (κ1) is 20.3. The first-order valence-corrected chi connectivity index (χ1v) is 8.60. The fourth-order valence-corrected chi connectivity index (χ4v) is 2.88. The molecule has 1 atom stereocenters. The van der Waals surface area contributed by atoms with E-state index in [4.69, 9.17) is 0 Å². The number of carbonyl (C=O) groups is 1. The third-order valence-corrected chi connectivity index (χ3v) is 4.31. The van der Waals surface area contributed by atoms with Crippen molar-refractivity contribution in [2.45, 2.75) is 18.9 Å². The molecule has 0 fully saturated rings. The van der Waals surface area contributed by atoms with Crippen molar-refractivity contribution in [3.05, 3.63) is 105 Å². The third kappa shape index (κ3) is 4.71. The van der Waals surface area contributed by atoms with E-state index in [1.54, 1.807) is 30.3 Å². The summed E-state index contributed by atoms with van der Waals surface area (Å²) in [4.78, 5) is 27.0. The number of aromatic amines is 1. The molecule has 1 unspecified atom stereocenters. The number of nitrogens with one attached hydrogen (secondary N) is 2. The summed E-state index contributed by atoms with van der Waals surface area (Å²) in [5.41, 5.74) is -1.14. The molecule has 0 aliphatic carbocycles. The second kappa shape index (κ2) is 8.30. The van der Waals surface area contributed by atoms with Gasteiger partial charge in [-0.2, -0.15) is 13.2 Å². The summed E-state index contributed by atoms with van der Waals surface area (Å²) in [6, 6.07) is 14.5. The van der Waals surface area contributed by atoms with Gasteiger partial charge in [0.15, 0.2) is 0 Å². The smallest absolute Gasteiger partial charge is 0.341 e. The zero-order chi connectivity index (χ0) is 21.0. The molecule has 0 aliphatic heterocycles. The molecule has 1 aromatic heterocycles. The normalized spacial score (nSPS) is 12.4. The average Bonchev–Trinajstić information content (AvgIpc) is 2.71. The van der Waals surface area contributed by atoms with E-state index in [9.17, 15) is 27.2 Å². The predicted octanol–water partition coefficient (Wildman–Crippen LogP) is 4.38. The lowest BCUT2D eigenvalue weighted by Crippen LogP contribution is -2.33. The van der Waals surface area contributed by atoms with Crippen LogP contribution in [0, 0.1) is 0 Å². The van der Waals surface area contributed by atoms with Crippen LogP contribution < -0.4 is 10.9 Å². The second-order valence-corrected chi connectivity index (χ2v) is 6.30. The van der Waals surface area contributed by atoms with Crippen molar-refractivity contribution in [3.8, 4) is 0 Å².